The Hall–Kier alpha value is -0.0800. The van der Waals surface area contributed by atoms with Crippen molar-refractivity contribution in [2.24, 2.45) is 0 Å². The molecule has 0 saturated carbocycles. The van der Waals surface area contributed by atoms with Crippen molar-refractivity contribution in [3.8, 4) is 0 Å². The minimum Gasteiger partial charge on any atom is -0.353 e. The van der Waals surface area contributed by atoms with Crippen LogP contribution < -0.4 is 0 Å². The van der Waals surface area contributed by atoms with Crippen molar-refractivity contribution < 1.29 is 4.74 Å². The molecule has 132 valence electrons. The molecule has 1 aliphatic heterocycles. The van der Waals surface area contributed by atoms with E-state index in [0.29, 0.717) is 12.3 Å². The molecule has 1 aliphatic rings. The zero-order valence-electron chi connectivity index (χ0n) is 15.6. The SMILES string of the molecule is CCCCCCCCCCC1OC1N(CCCC)CCCC. The molecule has 2 heteroatoms. The molecule has 0 aromatic rings. The Labute approximate surface area is 140 Å². The average Bonchev–Trinajstić information content (AvgIpc) is 3.29. The standard InChI is InChI=1S/C20H41NO/c1-4-7-10-11-12-13-14-15-16-19-20(22-19)21(17-8-5-2)18-9-6-3/h19-20H,4-18H2,1-3H3. The minimum atomic E-state index is 0.461. The van der Waals surface area contributed by atoms with E-state index in [1.165, 1.54) is 96.6 Å². The van der Waals surface area contributed by atoms with Gasteiger partial charge in [-0.3, -0.25) is 4.90 Å². The topological polar surface area (TPSA) is 15.8 Å². The van der Waals surface area contributed by atoms with Crippen LogP contribution >= 0.6 is 0 Å². The minimum absolute atomic E-state index is 0.461. The Kier molecular flexibility index (Phi) is 12.1. The van der Waals surface area contributed by atoms with Crippen LogP contribution in [0.4, 0.5) is 0 Å². The first kappa shape index (κ1) is 20.0. The fourth-order valence-electron chi connectivity index (χ4n) is 3.23. The van der Waals surface area contributed by atoms with E-state index in [4.69, 9.17) is 4.74 Å². The normalized spacial score (nSPS) is 20.7. The summed E-state index contributed by atoms with van der Waals surface area (Å²) in [6.45, 7) is 9.31. The smallest absolute Gasteiger partial charge is 0.137 e. The summed E-state index contributed by atoms with van der Waals surface area (Å²) in [6, 6.07) is 0. The zero-order valence-corrected chi connectivity index (χ0v) is 15.6. The van der Waals surface area contributed by atoms with Crippen LogP contribution in [0.15, 0.2) is 0 Å². The van der Waals surface area contributed by atoms with Crippen molar-refractivity contribution in [3.63, 3.8) is 0 Å². The van der Waals surface area contributed by atoms with E-state index in [1.54, 1.807) is 0 Å². The maximum Gasteiger partial charge on any atom is 0.137 e. The number of nitrogens with zero attached hydrogens (tertiary/aromatic N) is 1. The van der Waals surface area contributed by atoms with Crippen LogP contribution in [-0.2, 0) is 4.74 Å². The van der Waals surface area contributed by atoms with Gasteiger partial charge in [0, 0.05) is 13.1 Å². The molecule has 2 atom stereocenters. The number of hydrogen-bond acceptors (Lipinski definition) is 2. The lowest BCUT2D eigenvalue weighted by Crippen LogP contribution is -2.30. The predicted octanol–water partition coefficient (Wildman–Crippen LogP) is 6.14. The van der Waals surface area contributed by atoms with Crippen LogP contribution in [0.25, 0.3) is 0 Å². The van der Waals surface area contributed by atoms with E-state index in [-0.39, 0.29) is 0 Å². The summed E-state index contributed by atoms with van der Waals surface area (Å²) < 4.78 is 5.96. The lowest BCUT2D eigenvalue weighted by atomic mass is 10.1. The molecule has 2 nitrogen and oxygen atoms in total. The summed E-state index contributed by atoms with van der Waals surface area (Å²) in [5, 5.41) is 0. The molecule has 1 fully saturated rings. The molecular weight excluding hydrogens is 270 g/mol. The second kappa shape index (κ2) is 13.4. The first-order chi connectivity index (χ1) is 10.8. The summed E-state index contributed by atoms with van der Waals surface area (Å²) in [7, 11) is 0. The molecule has 0 aromatic heterocycles. The van der Waals surface area contributed by atoms with Crippen LogP contribution in [0, 0.1) is 0 Å². The summed E-state index contributed by atoms with van der Waals surface area (Å²) in [4.78, 5) is 2.60. The van der Waals surface area contributed by atoms with Gasteiger partial charge in [-0.15, -0.1) is 0 Å². The maximum absolute atomic E-state index is 5.96. The average molecular weight is 312 g/mol. The summed E-state index contributed by atoms with van der Waals surface area (Å²) in [6.07, 6.45) is 18.8. The van der Waals surface area contributed by atoms with E-state index >= 15 is 0 Å². The van der Waals surface area contributed by atoms with E-state index in [2.05, 4.69) is 25.7 Å². The molecule has 22 heavy (non-hydrogen) atoms. The Morgan fingerprint density at radius 1 is 0.636 bits per heavy atom. The molecule has 0 bridgehead atoms. The molecule has 1 rings (SSSR count). The molecule has 0 spiro atoms. The third kappa shape index (κ3) is 9.15. The Balaban J connectivity index is 2.00. The number of epoxide rings is 1. The lowest BCUT2D eigenvalue weighted by molar-refractivity contribution is 0.170. The highest BCUT2D eigenvalue weighted by atomic mass is 16.6. The quantitative estimate of drug-likeness (QED) is 0.251. The van der Waals surface area contributed by atoms with Gasteiger partial charge in [0.05, 0.1) is 6.10 Å². The van der Waals surface area contributed by atoms with Gasteiger partial charge < -0.3 is 4.74 Å². The monoisotopic (exact) mass is 311 g/mol. The van der Waals surface area contributed by atoms with Crippen molar-refractivity contribution in [1.29, 1.82) is 0 Å². The zero-order chi connectivity index (χ0) is 16.0. The fraction of sp³-hybridized carbons (Fsp3) is 1.00. The van der Waals surface area contributed by atoms with Crippen LogP contribution in [0.3, 0.4) is 0 Å². The summed E-state index contributed by atoms with van der Waals surface area (Å²) >= 11 is 0. The van der Waals surface area contributed by atoms with Crippen molar-refractivity contribution >= 4 is 0 Å². The largest absolute Gasteiger partial charge is 0.353 e. The number of hydrogen-bond donors (Lipinski definition) is 0. The highest BCUT2D eigenvalue weighted by molar-refractivity contribution is 4.85. The van der Waals surface area contributed by atoms with Crippen LogP contribution in [0.1, 0.15) is 104 Å². The molecule has 1 heterocycles. The molecule has 0 radical (unpaired) electrons. The highest BCUT2D eigenvalue weighted by Gasteiger charge is 2.42. The fourth-order valence-corrected chi connectivity index (χ4v) is 3.23. The van der Waals surface area contributed by atoms with E-state index in [9.17, 15) is 0 Å². The second-order valence-electron chi connectivity index (χ2n) is 7.07. The molecule has 0 aromatic carbocycles. The van der Waals surface area contributed by atoms with E-state index in [1.807, 2.05) is 0 Å². The summed E-state index contributed by atoms with van der Waals surface area (Å²) in [5.74, 6) is 0. The predicted molar refractivity (Wildman–Crippen MR) is 97.3 cm³/mol. The van der Waals surface area contributed by atoms with E-state index in [0.717, 1.165) is 0 Å². The van der Waals surface area contributed by atoms with Gasteiger partial charge in [-0.05, 0) is 19.3 Å². The number of unbranched alkanes of at least 4 members (excludes halogenated alkanes) is 9. The van der Waals surface area contributed by atoms with Crippen molar-refractivity contribution in [1.82, 2.24) is 4.90 Å². The molecule has 0 amide bonds. The number of rotatable bonds is 16. The third-order valence-corrected chi connectivity index (χ3v) is 4.86. The van der Waals surface area contributed by atoms with Crippen molar-refractivity contribution in [3.05, 3.63) is 0 Å². The first-order valence-corrected chi connectivity index (χ1v) is 10.2. The molecule has 2 unspecified atom stereocenters. The van der Waals surface area contributed by atoms with Gasteiger partial charge in [-0.1, -0.05) is 85.0 Å². The van der Waals surface area contributed by atoms with Gasteiger partial charge in [-0.25, -0.2) is 0 Å². The maximum atomic E-state index is 5.96. The van der Waals surface area contributed by atoms with Crippen LogP contribution in [-0.4, -0.2) is 30.3 Å². The Morgan fingerprint density at radius 3 is 1.68 bits per heavy atom. The molecule has 0 aliphatic carbocycles. The Morgan fingerprint density at radius 2 is 1.14 bits per heavy atom. The summed E-state index contributed by atoms with van der Waals surface area (Å²) in [5.41, 5.74) is 0. The first-order valence-electron chi connectivity index (χ1n) is 10.2. The van der Waals surface area contributed by atoms with Gasteiger partial charge in [0.25, 0.3) is 0 Å². The van der Waals surface area contributed by atoms with Gasteiger partial charge in [0.2, 0.25) is 0 Å². The highest BCUT2D eigenvalue weighted by Crippen LogP contribution is 2.31. The molecular formula is C20H41NO. The van der Waals surface area contributed by atoms with Gasteiger partial charge in [0.15, 0.2) is 0 Å². The van der Waals surface area contributed by atoms with Crippen LogP contribution in [0.5, 0.6) is 0 Å². The van der Waals surface area contributed by atoms with Gasteiger partial charge in [-0.2, -0.15) is 0 Å². The second-order valence-corrected chi connectivity index (χ2v) is 7.07. The Bertz CT molecular complexity index is 236. The van der Waals surface area contributed by atoms with E-state index < -0.39 is 0 Å². The lowest BCUT2D eigenvalue weighted by Gasteiger charge is -2.19. The van der Waals surface area contributed by atoms with Gasteiger partial charge >= 0.3 is 0 Å². The molecule has 0 N–H and O–H groups in total. The van der Waals surface area contributed by atoms with Gasteiger partial charge in [0.1, 0.15) is 6.23 Å². The number of ether oxygens (including phenoxy) is 1. The van der Waals surface area contributed by atoms with Crippen molar-refractivity contribution in [2.75, 3.05) is 13.1 Å². The third-order valence-electron chi connectivity index (χ3n) is 4.86. The van der Waals surface area contributed by atoms with Crippen LogP contribution in [0.2, 0.25) is 0 Å². The van der Waals surface area contributed by atoms with Crippen molar-refractivity contribution in [2.45, 2.75) is 117 Å². The molecule has 1 saturated heterocycles.